The fourth-order valence-corrected chi connectivity index (χ4v) is 0.516. The molecule has 12 heavy (non-hydrogen) atoms. The Kier molecular flexibility index (Phi) is 6.84. The van der Waals surface area contributed by atoms with Crippen LogP contribution in [0.2, 0.25) is 0 Å². The molecule has 0 aliphatic heterocycles. The van der Waals surface area contributed by atoms with Crippen LogP contribution in [0.3, 0.4) is 0 Å². The summed E-state index contributed by atoms with van der Waals surface area (Å²) >= 11 is 0. The Bertz CT molecular complexity index is 172. The molecule has 0 unspecified atom stereocenters. The number of carbonyl (C=O) groups is 1. The van der Waals surface area contributed by atoms with E-state index in [1.165, 1.54) is 6.92 Å². The van der Waals surface area contributed by atoms with Crippen LogP contribution in [0.25, 0.3) is 0 Å². The molecule has 0 N–H and O–H groups in total. The Hall–Kier alpha value is -1.38. The maximum absolute atomic E-state index is 9.82. The number of aromatic nitrogens is 1. The first-order valence-electron chi connectivity index (χ1n) is 3.75. The molecule has 66 valence electrons. The second kappa shape index (κ2) is 7.72. The van der Waals surface area contributed by atoms with Crippen LogP contribution in [0.15, 0.2) is 30.6 Å². The Morgan fingerprint density at radius 1 is 1.33 bits per heavy atom. The molecule has 0 aliphatic carbocycles. The number of nitrogens with zero attached hydrogens (tertiary/aromatic N) is 1. The van der Waals surface area contributed by atoms with Gasteiger partial charge in [0.05, 0.1) is 6.61 Å². The summed E-state index contributed by atoms with van der Waals surface area (Å²) < 4.78 is 4.40. The highest BCUT2D eigenvalue weighted by Crippen LogP contribution is 1.73. The van der Waals surface area contributed by atoms with Gasteiger partial charge in [-0.25, -0.2) is 0 Å². The number of esters is 1. The molecule has 0 atom stereocenters. The minimum Gasteiger partial charge on any atom is -0.466 e. The van der Waals surface area contributed by atoms with Crippen molar-refractivity contribution in [1.82, 2.24) is 4.98 Å². The van der Waals surface area contributed by atoms with E-state index in [1.54, 1.807) is 19.3 Å². The highest BCUT2D eigenvalue weighted by atomic mass is 16.5. The van der Waals surface area contributed by atoms with E-state index in [0.29, 0.717) is 6.61 Å². The fraction of sp³-hybridized carbons (Fsp3) is 0.333. The zero-order chi connectivity index (χ0) is 9.23. The van der Waals surface area contributed by atoms with Gasteiger partial charge >= 0.3 is 5.97 Å². The standard InChI is InChI=1S/C5H5N.C4H8O2/c1-2-4-6-5-3-1;1-3-6-4(2)5/h1-5H;3H2,1-2H3. The minimum atomic E-state index is -0.211. The van der Waals surface area contributed by atoms with Crippen molar-refractivity contribution in [3.63, 3.8) is 0 Å². The molecular formula is C9H13NO2. The first-order valence-corrected chi connectivity index (χ1v) is 3.75. The van der Waals surface area contributed by atoms with Crippen LogP contribution < -0.4 is 0 Å². The van der Waals surface area contributed by atoms with E-state index in [1.807, 2.05) is 18.2 Å². The van der Waals surface area contributed by atoms with Crippen LogP contribution in [0.5, 0.6) is 0 Å². The molecule has 1 heterocycles. The molecule has 0 amide bonds. The molecule has 0 aromatic carbocycles. The van der Waals surface area contributed by atoms with Gasteiger partial charge in [-0.2, -0.15) is 0 Å². The minimum absolute atomic E-state index is 0.211. The lowest BCUT2D eigenvalue weighted by Gasteiger charge is -1.89. The van der Waals surface area contributed by atoms with Gasteiger partial charge in [0, 0.05) is 19.3 Å². The average Bonchev–Trinajstić information content (AvgIpc) is 2.08. The molecule has 1 aromatic rings. The summed E-state index contributed by atoms with van der Waals surface area (Å²) in [6, 6.07) is 5.72. The number of carbonyl (C=O) groups excluding carboxylic acids is 1. The third-order valence-corrected chi connectivity index (χ3v) is 0.914. The van der Waals surface area contributed by atoms with Gasteiger partial charge in [0.1, 0.15) is 0 Å². The molecule has 0 aliphatic rings. The lowest BCUT2D eigenvalue weighted by Crippen LogP contribution is -1.95. The van der Waals surface area contributed by atoms with Crippen LogP contribution in [0, 0.1) is 0 Å². The fourth-order valence-electron chi connectivity index (χ4n) is 0.516. The lowest BCUT2D eigenvalue weighted by molar-refractivity contribution is -0.140. The van der Waals surface area contributed by atoms with E-state index in [-0.39, 0.29) is 5.97 Å². The quantitative estimate of drug-likeness (QED) is 0.597. The van der Waals surface area contributed by atoms with E-state index >= 15 is 0 Å². The van der Waals surface area contributed by atoms with Crippen molar-refractivity contribution < 1.29 is 9.53 Å². The van der Waals surface area contributed by atoms with Crippen molar-refractivity contribution in [2.75, 3.05) is 6.61 Å². The molecule has 0 spiro atoms. The highest BCUT2D eigenvalue weighted by molar-refractivity contribution is 5.65. The number of rotatable bonds is 1. The van der Waals surface area contributed by atoms with Crippen LogP contribution in [0.4, 0.5) is 0 Å². The number of hydrogen-bond acceptors (Lipinski definition) is 3. The average molecular weight is 167 g/mol. The Morgan fingerprint density at radius 2 is 1.92 bits per heavy atom. The van der Waals surface area contributed by atoms with Gasteiger partial charge in [0.2, 0.25) is 0 Å². The predicted octanol–water partition coefficient (Wildman–Crippen LogP) is 1.65. The largest absolute Gasteiger partial charge is 0.466 e. The summed E-state index contributed by atoms with van der Waals surface area (Å²) in [5.41, 5.74) is 0. The topological polar surface area (TPSA) is 39.2 Å². The first-order chi connectivity index (χ1) is 5.77. The summed E-state index contributed by atoms with van der Waals surface area (Å²) in [4.78, 5) is 13.6. The molecule has 1 rings (SSSR count). The monoisotopic (exact) mass is 167 g/mol. The maximum atomic E-state index is 9.82. The third kappa shape index (κ3) is 8.62. The normalized spacial score (nSPS) is 7.83. The van der Waals surface area contributed by atoms with Gasteiger partial charge in [-0.1, -0.05) is 6.07 Å². The van der Waals surface area contributed by atoms with Gasteiger partial charge in [-0.3, -0.25) is 9.78 Å². The van der Waals surface area contributed by atoms with Crippen molar-refractivity contribution in [2.45, 2.75) is 13.8 Å². The molecule has 0 saturated carbocycles. The van der Waals surface area contributed by atoms with E-state index < -0.39 is 0 Å². The summed E-state index contributed by atoms with van der Waals surface area (Å²) in [7, 11) is 0. The van der Waals surface area contributed by atoms with Crippen LogP contribution in [0.1, 0.15) is 13.8 Å². The highest BCUT2D eigenvalue weighted by Gasteiger charge is 1.81. The smallest absolute Gasteiger partial charge is 0.302 e. The maximum Gasteiger partial charge on any atom is 0.302 e. The number of ether oxygens (including phenoxy) is 1. The van der Waals surface area contributed by atoms with Crippen molar-refractivity contribution in [2.24, 2.45) is 0 Å². The third-order valence-electron chi connectivity index (χ3n) is 0.914. The zero-order valence-electron chi connectivity index (χ0n) is 7.36. The second-order valence-corrected chi connectivity index (χ2v) is 1.95. The van der Waals surface area contributed by atoms with Gasteiger partial charge in [0.25, 0.3) is 0 Å². The summed E-state index contributed by atoms with van der Waals surface area (Å²) in [6.45, 7) is 3.65. The molecule has 3 nitrogen and oxygen atoms in total. The molecule has 0 bridgehead atoms. The lowest BCUT2D eigenvalue weighted by atomic mass is 10.5. The van der Waals surface area contributed by atoms with E-state index in [9.17, 15) is 4.79 Å². The first kappa shape index (κ1) is 10.6. The van der Waals surface area contributed by atoms with Crippen molar-refractivity contribution in [1.29, 1.82) is 0 Å². The predicted molar refractivity (Wildman–Crippen MR) is 46.5 cm³/mol. The summed E-state index contributed by atoms with van der Waals surface area (Å²) in [6.07, 6.45) is 3.50. The second-order valence-electron chi connectivity index (χ2n) is 1.95. The molecule has 3 heteroatoms. The molecule has 0 saturated heterocycles. The van der Waals surface area contributed by atoms with E-state index in [4.69, 9.17) is 0 Å². The molecule has 0 radical (unpaired) electrons. The van der Waals surface area contributed by atoms with Gasteiger partial charge in [-0.15, -0.1) is 0 Å². The van der Waals surface area contributed by atoms with Crippen LogP contribution in [-0.2, 0) is 9.53 Å². The van der Waals surface area contributed by atoms with E-state index in [0.717, 1.165) is 0 Å². The van der Waals surface area contributed by atoms with Gasteiger partial charge < -0.3 is 4.74 Å². The molecule has 0 fully saturated rings. The summed E-state index contributed by atoms with van der Waals surface area (Å²) in [5, 5.41) is 0. The number of pyridine rings is 1. The van der Waals surface area contributed by atoms with Crippen LogP contribution in [-0.4, -0.2) is 17.6 Å². The van der Waals surface area contributed by atoms with Gasteiger partial charge in [-0.05, 0) is 19.1 Å². The van der Waals surface area contributed by atoms with Crippen molar-refractivity contribution in [3.8, 4) is 0 Å². The molecule has 1 aromatic heterocycles. The number of hydrogen-bond donors (Lipinski definition) is 0. The SMILES string of the molecule is CCOC(C)=O.c1ccncc1. The van der Waals surface area contributed by atoms with Crippen molar-refractivity contribution in [3.05, 3.63) is 30.6 Å². The Balaban J connectivity index is 0.000000202. The molecular weight excluding hydrogens is 154 g/mol. The van der Waals surface area contributed by atoms with Crippen LogP contribution >= 0.6 is 0 Å². The summed E-state index contributed by atoms with van der Waals surface area (Å²) in [5.74, 6) is -0.211. The van der Waals surface area contributed by atoms with Gasteiger partial charge in [0.15, 0.2) is 0 Å². The van der Waals surface area contributed by atoms with E-state index in [2.05, 4.69) is 9.72 Å². The Morgan fingerprint density at radius 3 is 2.00 bits per heavy atom. The zero-order valence-corrected chi connectivity index (χ0v) is 7.36. The van der Waals surface area contributed by atoms with Crippen molar-refractivity contribution >= 4 is 5.97 Å². The Labute approximate surface area is 72.4 Å².